The highest BCUT2D eigenvalue weighted by Crippen LogP contribution is 2.29. The van der Waals surface area contributed by atoms with Crippen LogP contribution in [0.15, 0.2) is 18.2 Å². The summed E-state index contributed by atoms with van der Waals surface area (Å²) in [5.41, 5.74) is 9.21. The van der Waals surface area contributed by atoms with Crippen molar-refractivity contribution in [2.24, 2.45) is 11.1 Å². The zero-order chi connectivity index (χ0) is 15.3. The van der Waals surface area contributed by atoms with Gasteiger partial charge in [0.2, 0.25) is 5.91 Å². The van der Waals surface area contributed by atoms with Crippen molar-refractivity contribution >= 4 is 5.91 Å². The highest BCUT2D eigenvalue weighted by atomic mass is 16.5. The van der Waals surface area contributed by atoms with Crippen molar-refractivity contribution in [3.05, 3.63) is 34.9 Å². The van der Waals surface area contributed by atoms with Crippen LogP contribution >= 0.6 is 0 Å². The molecule has 3 N–H and O–H groups in total. The lowest BCUT2D eigenvalue weighted by atomic mass is 9.79. The minimum Gasteiger partial charge on any atom is -0.381 e. The van der Waals surface area contributed by atoms with Gasteiger partial charge in [-0.05, 0) is 38.7 Å². The van der Waals surface area contributed by atoms with Crippen molar-refractivity contribution in [3.8, 4) is 0 Å². The van der Waals surface area contributed by atoms with E-state index in [2.05, 4.69) is 37.4 Å². The Balaban J connectivity index is 1.88. The number of rotatable bonds is 5. The molecule has 1 fully saturated rings. The van der Waals surface area contributed by atoms with Crippen LogP contribution in [0.25, 0.3) is 0 Å². The predicted molar refractivity (Wildman–Crippen MR) is 84.2 cm³/mol. The molecular formula is C17H26N2O2. The van der Waals surface area contributed by atoms with E-state index in [1.807, 2.05) is 0 Å². The summed E-state index contributed by atoms with van der Waals surface area (Å²) < 4.78 is 5.34. The van der Waals surface area contributed by atoms with Gasteiger partial charge in [0.15, 0.2) is 0 Å². The maximum absolute atomic E-state index is 12.4. The van der Waals surface area contributed by atoms with E-state index in [1.54, 1.807) is 0 Å². The molecule has 0 aromatic heterocycles. The van der Waals surface area contributed by atoms with Gasteiger partial charge < -0.3 is 15.8 Å². The average molecular weight is 290 g/mol. The van der Waals surface area contributed by atoms with Crippen molar-refractivity contribution in [1.82, 2.24) is 5.32 Å². The summed E-state index contributed by atoms with van der Waals surface area (Å²) in [5.74, 6) is 0.0812. The maximum Gasteiger partial charge on any atom is 0.227 e. The molecule has 0 spiro atoms. The Morgan fingerprint density at radius 3 is 2.43 bits per heavy atom. The lowest BCUT2D eigenvalue weighted by Gasteiger charge is -2.34. The normalized spacial score (nSPS) is 17.5. The fraction of sp³-hybridized carbons (Fsp3) is 0.588. The van der Waals surface area contributed by atoms with Crippen molar-refractivity contribution in [2.75, 3.05) is 26.3 Å². The van der Waals surface area contributed by atoms with Crippen LogP contribution in [0, 0.1) is 19.3 Å². The van der Waals surface area contributed by atoms with Crippen LogP contribution in [-0.4, -0.2) is 32.2 Å². The van der Waals surface area contributed by atoms with Gasteiger partial charge in [0, 0.05) is 26.3 Å². The molecule has 0 atom stereocenters. The number of carbonyl (C=O) groups excluding carboxylic acids is 1. The first-order chi connectivity index (χ1) is 10.1. The van der Waals surface area contributed by atoms with Crippen molar-refractivity contribution in [2.45, 2.75) is 33.1 Å². The molecule has 116 valence electrons. The van der Waals surface area contributed by atoms with E-state index in [-0.39, 0.29) is 5.91 Å². The summed E-state index contributed by atoms with van der Waals surface area (Å²) in [6.45, 7) is 6.50. The number of hydrogen-bond acceptors (Lipinski definition) is 3. The molecule has 1 aromatic rings. The van der Waals surface area contributed by atoms with Gasteiger partial charge in [0.1, 0.15) is 0 Å². The third-order valence-electron chi connectivity index (χ3n) is 4.30. The quantitative estimate of drug-likeness (QED) is 0.868. The Bertz CT molecular complexity index is 473. The number of aryl methyl sites for hydroxylation is 2. The summed E-state index contributed by atoms with van der Waals surface area (Å²) in [6.07, 6.45) is 2.29. The van der Waals surface area contributed by atoms with Gasteiger partial charge in [-0.2, -0.15) is 0 Å². The Hall–Kier alpha value is -1.39. The molecule has 0 aliphatic carbocycles. The summed E-state index contributed by atoms with van der Waals surface area (Å²) in [6, 6.07) is 6.51. The summed E-state index contributed by atoms with van der Waals surface area (Å²) in [4.78, 5) is 12.4. The SMILES string of the molecule is Cc1cc(C)cc(CCNC(=O)C2(CN)CCOCC2)c1. The molecule has 0 saturated carbocycles. The Labute approximate surface area is 127 Å². The topological polar surface area (TPSA) is 64.4 Å². The van der Waals surface area contributed by atoms with Crippen LogP contribution in [0.4, 0.5) is 0 Å². The zero-order valence-corrected chi connectivity index (χ0v) is 13.1. The van der Waals surface area contributed by atoms with E-state index in [0.29, 0.717) is 26.3 Å². The number of benzene rings is 1. The van der Waals surface area contributed by atoms with Gasteiger partial charge in [0.05, 0.1) is 5.41 Å². The third-order valence-corrected chi connectivity index (χ3v) is 4.30. The van der Waals surface area contributed by atoms with Crippen LogP contribution in [0.3, 0.4) is 0 Å². The molecule has 2 rings (SSSR count). The van der Waals surface area contributed by atoms with Crippen LogP contribution in [0.2, 0.25) is 0 Å². The summed E-state index contributed by atoms with van der Waals surface area (Å²) >= 11 is 0. The molecule has 1 heterocycles. The molecule has 4 heteroatoms. The number of amides is 1. The van der Waals surface area contributed by atoms with Crippen molar-refractivity contribution in [1.29, 1.82) is 0 Å². The molecule has 1 amide bonds. The smallest absolute Gasteiger partial charge is 0.227 e. The van der Waals surface area contributed by atoms with Crippen LogP contribution in [0.5, 0.6) is 0 Å². The van der Waals surface area contributed by atoms with Crippen LogP contribution in [-0.2, 0) is 16.0 Å². The number of ether oxygens (including phenoxy) is 1. The molecule has 1 aliphatic heterocycles. The molecule has 1 aliphatic rings. The van der Waals surface area contributed by atoms with E-state index >= 15 is 0 Å². The highest BCUT2D eigenvalue weighted by Gasteiger charge is 2.38. The van der Waals surface area contributed by atoms with E-state index < -0.39 is 5.41 Å². The zero-order valence-electron chi connectivity index (χ0n) is 13.1. The van der Waals surface area contributed by atoms with Gasteiger partial charge in [0.25, 0.3) is 0 Å². The second kappa shape index (κ2) is 7.05. The average Bonchev–Trinajstić information content (AvgIpc) is 2.47. The predicted octanol–water partition coefficient (Wildman–Crippen LogP) is 1.72. The van der Waals surface area contributed by atoms with Gasteiger partial charge in [-0.3, -0.25) is 4.79 Å². The van der Waals surface area contributed by atoms with Crippen molar-refractivity contribution in [3.63, 3.8) is 0 Å². The summed E-state index contributed by atoms with van der Waals surface area (Å²) in [7, 11) is 0. The molecule has 0 radical (unpaired) electrons. The van der Waals surface area contributed by atoms with Crippen LogP contribution in [0.1, 0.15) is 29.5 Å². The number of carbonyl (C=O) groups is 1. The van der Waals surface area contributed by atoms with Gasteiger partial charge >= 0.3 is 0 Å². The van der Waals surface area contributed by atoms with E-state index in [1.165, 1.54) is 16.7 Å². The monoisotopic (exact) mass is 290 g/mol. The fourth-order valence-corrected chi connectivity index (χ4v) is 3.01. The van der Waals surface area contributed by atoms with Gasteiger partial charge in [-0.1, -0.05) is 29.3 Å². The molecule has 0 bridgehead atoms. The molecule has 1 saturated heterocycles. The standard InChI is InChI=1S/C17H26N2O2/c1-13-9-14(2)11-15(10-13)3-6-19-16(20)17(12-18)4-7-21-8-5-17/h9-11H,3-8,12,18H2,1-2H3,(H,19,20). The van der Waals surface area contributed by atoms with E-state index in [0.717, 1.165) is 19.3 Å². The molecule has 4 nitrogen and oxygen atoms in total. The maximum atomic E-state index is 12.4. The third kappa shape index (κ3) is 4.05. The van der Waals surface area contributed by atoms with E-state index in [9.17, 15) is 4.79 Å². The molecular weight excluding hydrogens is 264 g/mol. The van der Waals surface area contributed by atoms with Gasteiger partial charge in [-0.15, -0.1) is 0 Å². The molecule has 21 heavy (non-hydrogen) atoms. The minimum absolute atomic E-state index is 0.0812. The Kier molecular flexibility index (Phi) is 5.37. The first-order valence-electron chi connectivity index (χ1n) is 7.69. The fourth-order valence-electron chi connectivity index (χ4n) is 3.01. The Morgan fingerprint density at radius 2 is 1.86 bits per heavy atom. The minimum atomic E-state index is -0.430. The van der Waals surface area contributed by atoms with Crippen LogP contribution < -0.4 is 11.1 Å². The first-order valence-corrected chi connectivity index (χ1v) is 7.69. The lowest BCUT2D eigenvalue weighted by molar-refractivity contribution is -0.135. The largest absolute Gasteiger partial charge is 0.381 e. The number of nitrogens with one attached hydrogen (secondary N) is 1. The highest BCUT2D eigenvalue weighted by molar-refractivity contribution is 5.83. The molecule has 1 aromatic carbocycles. The number of nitrogens with two attached hydrogens (primary N) is 1. The second-order valence-corrected chi connectivity index (χ2v) is 6.10. The van der Waals surface area contributed by atoms with Gasteiger partial charge in [-0.25, -0.2) is 0 Å². The lowest BCUT2D eigenvalue weighted by Crippen LogP contribution is -2.49. The molecule has 0 unspecified atom stereocenters. The first kappa shape index (κ1) is 16.0. The van der Waals surface area contributed by atoms with Crippen molar-refractivity contribution < 1.29 is 9.53 Å². The Morgan fingerprint density at radius 1 is 1.24 bits per heavy atom. The number of hydrogen-bond donors (Lipinski definition) is 2. The van der Waals surface area contributed by atoms with E-state index in [4.69, 9.17) is 10.5 Å². The second-order valence-electron chi connectivity index (χ2n) is 6.10. The summed E-state index contributed by atoms with van der Waals surface area (Å²) in [5, 5.41) is 3.06.